The molecule has 0 saturated carbocycles. The predicted molar refractivity (Wildman–Crippen MR) is 83.9 cm³/mol. The molecule has 4 heteroatoms. The molecule has 21 heavy (non-hydrogen) atoms. The minimum atomic E-state index is -1.17. The van der Waals surface area contributed by atoms with Crippen LogP contribution in [0.1, 0.15) is 64.7 Å². The molecule has 0 atom stereocenters. The van der Waals surface area contributed by atoms with Gasteiger partial charge in [-0.15, -0.1) is 6.58 Å². The summed E-state index contributed by atoms with van der Waals surface area (Å²) in [6.07, 6.45) is 11.4. The zero-order chi connectivity index (χ0) is 16.1. The molecule has 0 aromatic heterocycles. The molecule has 4 nitrogen and oxygen atoms in total. The fourth-order valence-corrected chi connectivity index (χ4v) is 2.39. The van der Waals surface area contributed by atoms with Gasteiger partial charge in [0.2, 0.25) is 0 Å². The van der Waals surface area contributed by atoms with Gasteiger partial charge in [0.05, 0.1) is 14.2 Å². The molecule has 0 unspecified atom stereocenters. The van der Waals surface area contributed by atoms with Crippen molar-refractivity contribution in [2.45, 2.75) is 64.7 Å². The highest BCUT2D eigenvalue weighted by Gasteiger charge is 2.42. The van der Waals surface area contributed by atoms with Crippen LogP contribution in [0.3, 0.4) is 0 Å². The quantitative estimate of drug-likeness (QED) is 0.236. The molecule has 0 aromatic rings. The van der Waals surface area contributed by atoms with E-state index in [0.29, 0.717) is 6.42 Å². The molecule has 0 N–H and O–H groups in total. The molecule has 0 aliphatic heterocycles. The van der Waals surface area contributed by atoms with Crippen molar-refractivity contribution < 1.29 is 19.1 Å². The number of ether oxygens (including phenoxy) is 2. The van der Waals surface area contributed by atoms with Crippen molar-refractivity contribution >= 4 is 11.9 Å². The Morgan fingerprint density at radius 2 is 1.33 bits per heavy atom. The third-order valence-electron chi connectivity index (χ3n) is 3.86. The number of rotatable bonds is 12. The summed E-state index contributed by atoms with van der Waals surface area (Å²) < 4.78 is 9.45. The second-order valence-corrected chi connectivity index (χ2v) is 5.62. The average Bonchev–Trinajstić information content (AvgIpc) is 2.51. The van der Waals surface area contributed by atoms with Crippen LogP contribution in [0.15, 0.2) is 12.7 Å². The zero-order valence-corrected chi connectivity index (χ0v) is 13.8. The van der Waals surface area contributed by atoms with Crippen LogP contribution in [-0.2, 0) is 19.1 Å². The smallest absolute Gasteiger partial charge is 0.322 e. The maximum absolute atomic E-state index is 11.8. The minimum absolute atomic E-state index is 0.475. The summed E-state index contributed by atoms with van der Waals surface area (Å²) in [6.45, 7) is 5.31. The number of allylic oxidation sites excluding steroid dienone is 1. The van der Waals surface area contributed by atoms with Crippen LogP contribution in [0.25, 0.3) is 0 Å². The molecule has 0 heterocycles. The van der Waals surface area contributed by atoms with Gasteiger partial charge in [-0.2, -0.15) is 0 Å². The van der Waals surface area contributed by atoms with Crippen molar-refractivity contribution in [3.8, 4) is 0 Å². The predicted octanol–water partition coefficient (Wildman–Crippen LogP) is 4.04. The van der Waals surface area contributed by atoms with Gasteiger partial charge >= 0.3 is 11.9 Å². The van der Waals surface area contributed by atoms with Gasteiger partial charge in [-0.3, -0.25) is 9.59 Å². The van der Waals surface area contributed by atoms with Gasteiger partial charge in [0.1, 0.15) is 0 Å². The fraction of sp³-hybridized carbons (Fsp3) is 0.765. The third kappa shape index (κ3) is 7.30. The van der Waals surface area contributed by atoms with E-state index in [-0.39, 0.29) is 0 Å². The fourth-order valence-electron chi connectivity index (χ4n) is 2.39. The first kappa shape index (κ1) is 19.7. The zero-order valence-electron chi connectivity index (χ0n) is 13.8. The number of hydrogen-bond acceptors (Lipinski definition) is 4. The van der Waals surface area contributed by atoms with Crippen LogP contribution in [0, 0.1) is 5.41 Å². The maximum atomic E-state index is 11.8. The standard InChI is InChI=1S/C17H30O4/c1-5-6-7-8-9-10-11-12-13-14-17(2,15(18)20-3)16(19)21-4/h5H,1,6-14H2,2-4H3. The molecule has 0 aliphatic carbocycles. The molecule has 0 bridgehead atoms. The van der Waals surface area contributed by atoms with Crippen molar-refractivity contribution in [2.24, 2.45) is 5.41 Å². The van der Waals surface area contributed by atoms with Crippen molar-refractivity contribution in [3.05, 3.63) is 12.7 Å². The monoisotopic (exact) mass is 298 g/mol. The Morgan fingerprint density at radius 3 is 1.76 bits per heavy atom. The van der Waals surface area contributed by atoms with Crippen LogP contribution in [0.5, 0.6) is 0 Å². The molecule has 0 fully saturated rings. The van der Waals surface area contributed by atoms with Crippen LogP contribution in [0.2, 0.25) is 0 Å². The molecule has 0 saturated heterocycles. The van der Waals surface area contributed by atoms with Crippen LogP contribution in [0.4, 0.5) is 0 Å². The highest BCUT2D eigenvalue weighted by molar-refractivity contribution is 5.99. The number of esters is 2. The van der Waals surface area contributed by atoms with Gasteiger partial charge in [0.25, 0.3) is 0 Å². The van der Waals surface area contributed by atoms with E-state index in [2.05, 4.69) is 6.58 Å². The molecule has 122 valence electrons. The lowest BCUT2D eigenvalue weighted by molar-refractivity contribution is -0.168. The molecule has 0 rings (SSSR count). The molecular formula is C17H30O4. The van der Waals surface area contributed by atoms with Gasteiger partial charge in [0, 0.05) is 0 Å². The van der Waals surface area contributed by atoms with E-state index < -0.39 is 17.4 Å². The van der Waals surface area contributed by atoms with Gasteiger partial charge < -0.3 is 9.47 Å². The summed E-state index contributed by atoms with van der Waals surface area (Å²) >= 11 is 0. The summed E-state index contributed by atoms with van der Waals surface area (Å²) in [5, 5.41) is 0. The number of unbranched alkanes of at least 4 members (excludes halogenated alkanes) is 7. The van der Waals surface area contributed by atoms with Crippen molar-refractivity contribution in [2.75, 3.05) is 14.2 Å². The lowest BCUT2D eigenvalue weighted by Crippen LogP contribution is -2.38. The van der Waals surface area contributed by atoms with E-state index in [4.69, 9.17) is 9.47 Å². The normalized spacial score (nSPS) is 11.0. The first-order valence-corrected chi connectivity index (χ1v) is 7.80. The largest absolute Gasteiger partial charge is 0.468 e. The van der Waals surface area contributed by atoms with E-state index in [1.165, 1.54) is 39.9 Å². The summed E-state index contributed by atoms with van der Waals surface area (Å²) in [4.78, 5) is 23.5. The van der Waals surface area contributed by atoms with Gasteiger partial charge in [0.15, 0.2) is 5.41 Å². The van der Waals surface area contributed by atoms with Crippen molar-refractivity contribution in [1.82, 2.24) is 0 Å². The average molecular weight is 298 g/mol. The van der Waals surface area contributed by atoms with E-state index in [1.54, 1.807) is 6.92 Å². The molecule has 0 amide bonds. The van der Waals surface area contributed by atoms with Gasteiger partial charge in [-0.05, 0) is 26.2 Å². The van der Waals surface area contributed by atoms with Crippen LogP contribution >= 0.6 is 0 Å². The Balaban J connectivity index is 3.92. The number of methoxy groups -OCH3 is 2. The summed E-state index contributed by atoms with van der Waals surface area (Å²) in [6, 6.07) is 0. The molecule has 0 spiro atoms. The number of hydrogen-bond donors (Lipinski definition) is 0. The Bertz CT molecular complexity index is 307. The highest BCUT2D eigenvalue weighted by Crippen LogP contribution is 2.28. The Hall–Kier alpha value is -1.32. The number of carbonyl (C=O) groups is 2. The molecule has 0 aromatic carbocycles. The number of carbonyl (C=O) groups excluding carboxylic acids is 2. The van der Waals surface area contributed by atoms with Gasteiger partial charge in [-0.25, -0.2) is 0 Å². The Labute approximate surface area is 128 Å². The van der Waals surface area contributed by atoms with Crippen LogP contribution < -0.4 is 0 Å². The lowest BCUT2D eigenvalue weighted by Gasteiger charge is -2.23. The van der Waals surface area contributed by atoms with Gasteiger partial charge in [-0.1, -0.05) is 44.6 Å². The summed E-state index contributed by atoms with van der Waals surface area (Å²) in [5.41, 5.74) is -1.17. The topological polar surface area (TPSA) is 52.6 Å². The summed E-state index contributed by atoms with van der Waals surface area (Å²) in [7, 11) is 2.60. The molecular weight excluding hydrogens is 268 g/mol. The van der Waals surface area contributed by atoms with Crippen molar-refractivity contribution in [3.63, 3.8) is 0 Å². The summed E-state index contributed by atoms with van der Waals surface area (Å²) in [5.74, 6) is -1.03. The van der Waals surface area contributed by atoms with E-state index in [9.17, 15) is 9.59 Å². The SMILES string of the molecule is C=CCCCCCCCCCC(C)(C(=O)OC)C(=O)OC. The van der Waals surface area contributed by atoms with E-state index in [1.807, 2.05) is 6.08 Å². The maximum Gasteiger partial charge on any atom is 0.322 e. The minimum Gasteiger partial charge on any atom is -0.468 e. The Morgan fingerprint density at radius 1 is 0.905 bits per heavy atom. The molecule has 0 radical (unpaired) electrons. The second kappa shape index (κ2) is 11.4. The van der Waals surface area contributed by atoms with Crippen LogP contribution in [-0.4, -0.2) is 26.2 Å². The lowest BCUT2D eigenvalue weighted by atomic mass is 9.84. The van der Waals surface area contributed by atoms with Crippen molar-refractivity contribution in [1.29, 1.82) is 0 Å². The highest BCUT2D eigenvalue weighted by atomic mass is 16.5. The third-order valence-corrected chi connectivity index (χ3v) is 3.86. The van der Waals surface area contributed by atoms with E-state index >= 15 is 0 Å². The second-order valence-electron chi connectivity index (χ2n) is 5.62. The first-order chi connectivity index (χ1) is 10.0. The molecule has 0 aliphatic rings. The van der Waals surface area contributed by atoms with E-state index in [0.717, 1.165) is 25.7 Å². The first-order valence-electron chi connectivity index (χ1n) is 7.80. The Kier molecular flexibility index (Phi) is 10.6.